The standard InChI is InChI=1S/C13H19ClFNO2/c1-2-17-9-4-7-16-8-10-18-13-11(14)5-3-6-12(13)15/h3,5-6,16H,2,4,7-10H2,1H3. The molecule has 0 atom stereocenters. The Morgan fingerprint density at radius 1 is 1.28 bits per heavy atom. The van der Waals surface area contributed by atoms with Gasteiger partial charge in [0.05, 0.1) is 5.02 Å². The molecule has 0 saturated heterocycles. The Hall–Kier alpha value is -0.840. The minimum Gasteiger partial charge on any atom is -0.488 e. The zero-order chi connectivity index (χ0) is 13.2. The minimum absolute atomic E-state index is 0.121. The molecule has 0 heterocycles. The molecule has 1 aromatic carbocycles. The van der Waals surface area contributed by atoms with Crippen molar-refractivity contribution in [3.05, 3.63) is 29.0 Å². The second kappa shape index (κ2) is 9.14. The van der Waals surface area contributed by atoms with E-state index in [1.54, 1.807) is 12.1 Å². The van der Waals surface area contributed by atoms with E-state index in [0.29, 0.717) is 18.2 Å². The van der Waals surface area contributed by atoms with Crippen molar-refractivity contribution in [3.63, 3.8) is 0 Å². The fourth-order valence-electron chi connectivity index (χ4n) is 1.41. The van der Waals surface area contributed by atoms with Gasteiger partial charge in [0.2, 0.25) is 0 Å². The van der Waals surface area contributed by atoms with E-state index >= 15 is 0 Å². The van der Waals surface area contributed by atoms with E-state index in [0.717, 1.165) is 26.2 Å². The third-order valence-corrected chi connectivity index (χ3v) is 2.59. The van der Waals surface area contributed by atoms with Crippen LogP contribution in [0.3, 0.4) is 0 Å². The SMILES string of the molecule is CCOCCCNCCOc1c(F)cccc1Cl. The number of hydrogen-bond acceptors (Lipinski definition) is 3. The van der Waals surface area contributed by atoms with Gasteiger partial charge in [-0.1, -0.05) is 17.7 Å². The molecule has 0 aliphatic carbocycles. The van der Waals surface area contributed by atoms with Crippen molar-refractivity contribution in [2.24, 2.45) is 0 Å². The van der Waals surface area contributed by atoms with Crippen LogP contribution >= 0.6 is 11.6 Å². The maximum atomic E-state index is 13.3. The highest BCUT2D eigenvalue weighted by atomic mass is 35.5. The van der Waals surface area contributed by atoms with Gasteiger partial charge >= 0.3 is 0 Å². The van der Waals surface area contributed by atoms with E-state index in [1.807, 2.05) is 6.92 Å². The van der Waals surface area contributed by atoms with Crippen molar-refractivity contribution in [1.82, 2.24) is 5.32 Å². The summed E-state index contributed by atoms with van der Waals surface area (Å²) in [5.74, 6) is -0.311. The van der Waals surface area contributed by atoms with Crippen LogP contribution in [0.4, 0.5) is 4.39 Å². The van der Waals surface area contributed by atoms with Crippen molar-refractivity contribution in [3.8, 4) is 5.75 Å². The zero-order valence-corrected chi connectivity index (χ0v) is 11.3. The molecule has 0 amide bonds. The molecule has 0 fully saturated rings. The molecular weight excluding hydrogens is 257 g/mol. The molecule has 1 aromatic rings. The zero-order valence-electron chi connectivity index (χ0n) is 10.5. The van der Waals surface area contributed by atoms with Crippen molar-refractivity contribution >= 4 is 11.6 Å². The molecule has 5 heteroatoms. The average Bonchev–Trinajstić information content (AvgIpc) is 2.35. The Bertz CT molecular complexity index is 330. The van der Waals surface area contributed by atoms with Crippen LogP contribution in [-0.2, 0) is 4.74 Å². The highest BCUT2D eigenvalue weighted by Gasteiger charge is 2.07. The minimum atomic E-state index is -0.432. The number of para-hydroxylation sites is 1. The molecule has 3 nitrogen and oxygen atoms in total. The molecule has 1 rings (SSSR count). The molecule has 102 valence electrons. The molecule has 0 saturated carbocycles. The van der Waals surface area contributed by atoms with Gasteiger partial charge in [-0.15, -0.1) is 0 Å². The van der Waals surface area contributed by atoms with Crippen molar-refractivity contribution in [2.75, 3.05) is 32.9 Å². The number of ether oxygens (including phenoxy) is 2. The molecular formula is C13H19ClFNO2. The van der Waals surface area contributed by atoms with Crippen LogP contribution in [0.5, 0.6) is 5.75 Å². The summed E-state index contributed by atoms with van der Waals surface area (Å²) >= 11 is 5.82. The van der Waals surface area contributed by atoms with E-state index in [4.69, 9.17) is 21.1 Å². The Balaban J connectivity index is 2.11. The predicted octanol–water partition coefficient (Wildman–Crippen LogP) is 2.87. The summed E-state index contributed by atoms with van der Waals surface area (Å²) in [5.41, 5.74) is 0. The summed E-state index contributed by atoms with van der Waals surface area (Å²) in [6.45, 7) is 5.36. The molecule has 0 bridgehead atoms. The number of halogens is 2. The predicted molar refractivity (Wildman–Crippen MR) is 70.9 cm³/mol. The first-order chi connectivity index (χ1) is 8.75. The normalized spacial score (nSPS) is 10.6. The summed E-state index contributed by atoms with van der Waals surface area (Å²) in [5, 5.41) is 3.48. The van der Waals surface area contributed by atoms with Crippen LogP contribution in [-0.4, -0.2) is 32.9 Å². The van der Waals surface area contributed by atoms with Crippen LogP contribution in [0, 0.1) is 5.82 Å². The van der Waals surface area contributed by atoms with Gasteiger partial charge in [-0.2, -0.15) is 0 Å². The van der Waals surface area contributed by atoms with Gasteiger partial charge in [-0.25, -0.2) is 4.39 Å². The maximum absolute atomic E-state index is 13.3. The van der Waals surface area contributed by atoms with Crippen LogP contribution in [0.15, 0.2) is 18.2 Å². The quantitative estimate of drug-likeness (QED) is 0.703. The Morgan fingerprint density at radius 2 is 2.11 bits per heavy atom. The Kier molecular flexibility index (Phi) is 7.73. The first-order valence-electron chi connectivity index (χ1n) is 6.11. The van der Waals surface area contributed by atoms with Crippen LogP contribution in [0.2, 0.25) is 5.02 Å². The first kappa shape index (κ1) is 15.2. The number of benzene rings is 1. The monoisotopic (exact) mass is 275 g/mol. The molecule has 0 spiro atoms. The van der Waals surface area contributed by atoms with E-state index in [1.165, 1.54) is 6.07 Å². The third kappa shape index (κ3) is 5.67. The fourth-order valence-corrected chi connectivity index (χ4v) is 1.63. The van der Waals surface area contributed by atoms with Gasteiger partial charge in [0, 0.05) is 19.8 Å². The number of hydrogen-bond donors (Lipinski definition) is 1. The molecule has 0 aliphatic rings. The Morgan fingerprint density at radius 3 is 2.83 bits per heavy atom. The summed E-state index contributed by atoms with van der Waals surface area (Å²) in [6, 6.07) is 4.49. The van der Waals surface area contributed by atoms with E-state index < -0.39 is 5.82 Å². The van der Waals surface area contributed by atoms with Crippen molar-refractivity contribution in [2.45, 2.75) is 13.3 Å². The van der Waals surface area contributed by atoms with Gasteiger partial charge in [0.15, 0.2) is 11.6 Å². The lowest BCUT2D eigenvalue weighted by molar-refractivity contribution is 0.144. The highest BCUT2D eigenvalue weighted by molar-refractivity contribution is 6.32. The van der Waals surface area contributed by atoms with Gasteiger partial charge in [0.1, 0.15) is 6.61 Å². The lowest BCUT2D eigenvalue weighted by Crippen LogP contribution is -2.23. The highest BCUT2D eigenvalue weighted by Crippen LogP contribution is 2.26. The average molecular weight is 276 g/mol. The van der Waals surface area contributed by atoms with E-state index in [-0.39, 0.29) is 5.75 Å². The summed E-state index contributed by atoms with van der Waals surface area (Å²) in [7, 11) is 0. The number of nitrogens with one attached hydrogen (secondary N) is 1. The summed E-state index contributed by atoms with van der Waals surface area (Å²) in [6.07, 6.45) is 0.953. The van der Waals surface area contributed by atoms with Crippen LogP contribution in [0.1, 0.15) is 13.3 Å². The molecule has 0 radical (unpaired) electrons. The number of rotatable bonds is 9. The molecule has 18 heavy (non-hydrogen) atoms. The van der Waals surface area contributed by atoms with E-state index in [9.17, 15) is 4.39 Å². The van der Waals surface area contributed by atoms with Gasteiger partial charge in [-0.05, 0) is 32.0 Å². The second-order valence-corrected chi connectivity index (χ2v) is 4.11. The maximum Gasteiger partial charge on any atom is 0.173 e. The summed E-state index contributed by atoms with van der Waals surface area (Å²) < 4.78 is 23.8. The topological polar surface area (TPSA) is 30.5 Å². The lowest BCUT2D eigenvalue weighted by atomic mass is 10.3. The van der Waals surface area contributed by atoms with Gasteiger partial charge < -0.3 is 14.8 Å². The second-order valence-electron chi connectivity index (χ2n) is 3.70. The molecule has 0 aromatic heterocycles. The molecule has 0 unspecified atom stereocenters. The van der Waals surface area contributed by atoms with Crippen LogP contribution < -0.4 is 10.1 Å². The first-order valence-corrected chi connectivity index (χ1v) is 6.48. The van der Waals surface area contributed by atoms with Crippen LogP contribution in [0.25, 0.3) is 0 Å². The van der Waals surface area contributed by atoms with Crippen molar-refractivity contribution in [1.29, 1.82) is 0 Å². The Labute approximate surface area is 112 Å². The van der Waals surface area contributed by atoms with E-state index in [2.05, 4.69) is 5.32 Å². The smallest absolute Gasteiger partial charge is 0.173 e. The van der Waals surface area contributed by atoms with Gasteiger partial charge in [0.25, 0.3) is 0 Å². The fraction of sp³-hybridized carbons (Fsp3) is 0.538. The molecule has 0 aliphatic heterocycles. The summed E-state index contributed by atoms with van der Waals surface area (Å²) in [4.78, 5) is 0. The third-order valence-electron chi connectivity index (χ3n) is 2.29. The molecule has 1 N–H and O–H groups in total. The van der Waals surface area contributed by atoms with Gasteiger partial charge in [-0.3, -0.25) is 0 Å². The lowest BCUT2D eigenvalue weighted by Gasteiger charge is -2.09. The largest absolute Gasteiger partial charge is 0.488 e. The van der Waals surface area contributed by atoms with Crippen molar-refractivity contribution < 1.29 is 13.9 Å².